The van der Waals surface area contributed by atoms with Crippen LogP contribution in [0.15, 0.2) is 18.3 Å². The Bertz CT molecular complexity index is 366. The average Bonchev–Trinajstić information content (AvgIpc) is 2.25. The molecule has 1 rings (SSSR count). The van der Waals surface area contributed by atoms with Crippen LogP contribution in [-0.4, -0.2) is 15.9 Å². The van der Waals surface area contributed by atoms with Crippen molar-refractivity contribution in [2.24, 2.45) is 5.92 Å². The maximum absolute atomic E-state index is 10.8. The minimum Gasteiger partial charge on any atom is -0.375 e. The summed E-state index contributed by atoms with van der Waals surface area (Å²) in [6.07, 6.45) is 2.35. The molecular weight excluding hydrogens is 206 g/mol. The van der Waals surface area contributed by atoms with E-state index in [1.165, 1.54) is 6.20 Å². The summed E-state index contributed by atoms with van der Waals surface area (Å²) in [7, 11) is 0. The number of aromatic nitrogens is 1. The first-order valence-electron chi connectivity index (χ1n) is 5.42. The van der Waals surface area contributed by atoms with E-state index in [1.54, 1.807) is 12.1 Å². The van der Waals surface area contributed by atoms with E-state index in [2.05, 4.69) is 31.1 Å². The van der Waals surface area contributed by atoms with E-state index in [0.717, 1.165) is 6.42 Å². The highest BCUT2D eigenvalue weighted by atomic mass is 16.6. The molecule has 0 aliphatic heterocycles. The monoisotopic (exact) mass is 223 g/mol. The minimum absolute atomic E-state index is 0.110. The van der Waals surface area contributed by atoms with E-state index in [9.17, 15) is 10.1 Å². The molecule has 0 bridgehead atoms. The van der Waals surface area contributed by atoms with Gasteiger partial charge in [0.05, 0.1) is 0 Å². The molecule has 1 N–H and O–H groups in total. The Labute approximate surface area is 95.0 Å². The Morgan fingerprint density at radius 3 is 2.75 bits per heavy atom. The molecule has 0 fully saturated rings. The zero-order valence-electron chi connectivity index (χ0n) is 9.80. The molecule has 0 radical (unpaired) electrons. The Morgan fingerprint density at radius 1 is 1.56 bits per heavy atom. The molecule has 1 heterocycles. The maximum Gasteiger partial charge on any atom is 0.386 e. The third-order valence-electron chi connectivity index (χ3n) is 2.55. The molecule has 1 aromatic heterocycles. The first-order chi connectivity index (χ1) is 7.56. The second-order valence-corrected chi connectivity index (χ2v) is 4.03. The standard InChI is InChI=1S/C11H17N3O2/c1-4-9(8(2)3)13-10-6-5-7-12-11(10)14(15)16/h5-9,13H,4H2,1-3H3. The van der Waals surface area contributed by atoms with Gasteiger partial charge in [-0.1, -0.05) is 20.8 Å². The molecule has 0 saturated heterocycles. The molecule has 5 nitrogen and oxygen atoms in total. The number of pyridine rings is 1. The van der Waals surface area contributed by atoms with Crippen molar-refractivity contribution in [2.45, 2.75) is 33.2 Å². The Morgan fingerprint density at radius 2 is 2.25 bits per heavy atom. The molecule has 88 valence electrons. The van der Waals surface area contributed by atoms with Gasteiger partial charge in [0.2, 0.25) is 0 Å². The summed E-state index contributed by atoms with van der Waals surface area (Å²) < 4.78 is 0. The fourth-order valence-corrected chi connectivity index (χ4v) is 1.59. The molecule has 0 aliphatic rings. The quantitative estimate of drug-likeness (QED) is 0.615. The first-order valence-corrected chi connectivity index (χ1v) is 5.42. The van der Waals surface area contributed by atoms with Crippen LogP contribution in [0.25, 0.3) is 0 Å². The number of anilines is 1. The number of nitrogens with one attached hydrogen (secondary N) is 1. The van der Waals surface area contributed by atoms with Gasteiger partial charge in [0.1, 0.15) is 11.9 Å². The van der Waals surface area contributed by atoms with Gasteiger partial charge in [-0.2, -0.15) is 0 Å². The molecule has 5 heteroatoms. The van der Waals surface area contributed by atoms with Crippen molar-refractivity contribution >= 4 is 11.5 Å². The molecular formula is C11H17N3O2. The van der Waals surface area contributed by atoms with Gasteiger partial charge >= 0.3 is 5.82 Å². The summed E-state index contributed by atoms with van der Waals surface area (Å²) in [5.41, 5.74) is 0.494. The lowest BCUT2D eigenvalue weighted by molar-refractivity contribution is -0.388. The smallest absolute Gasteiger partial charge is 0.375 e. The van der Waals surface area contributed by atoms with Crippen molar-refractivity contribution in [1.29, 1.82) is 0 Å². The van der Waals surface area contributed by atoms with Crippen LogP contribution in [0, 0.1) is 16.0 Å². The molecule has 0 aromatic carbocycles. The zero-order chi connectivity index (χ0) is 12.1. The van der Waals surface area contributed by atoms with Crippen LogP contribution in [0.1, 0.15) is 27.2 Å². The van der Waals surface area contributed by atoms with Crippen molar-refractivity contribution in [1.82, 2.24) is 4.98 Å². The lowest BCUT2D eigenvalue weighted by Gasteiger charge is -2.21. The SMILES string of the molecule is CCC(Nc1cccnc1[N+](=O)[O-])C(C)C. The van der Waals surface area contributed by atoms with Crippen molar-refractivity contribution in [3.63, 3.8) is 0 Å². The van der Waals surface area contributed by atoms with E-state index in [-0.39, 0.29) is 11.9 Å². The Balaban J connectivity index is 2.91. The second kappa shape index (κ2) is 5.44. The highest BCUT2D eigenvalue weighted by Gasteiger charge is 2.18. The number of rotatable bonds is 5. The van der Waals surface area contributed by atoms with Crippen LogP contribution >= 0.6 is 0 Å². The third kappa shape index (κ3) is 2.92. The first kappa shape index (κ1) is 12.4. The van der Waals surface area contributed by atoms with Gasteiger partial charge in [0.15, 0.2) is 0 Å². The van der Waals surface area contributed by atoms with Crippen molar-refractivity contribution < 1.29 is 4.92 Å². The molecule has 0 aliphatic carbocycles. The minimum atomic E-state index is -0.463. The van der Waals surface area contributed by atoms with Crippen molar-refractivity contribution in [3.8, 4) is 0 Å². The van der Waals surface area contributed by atoms with Crippen LogP contribution in [0.2, 0.25) is 0 Å². The number of nitrogens with zero attached hydrogens (tertiary/aromatic N) is 2. The summed E-state index contributed by atoms with van der Waals surface area (Å²) in [4.78, 5) is 14.1. The Hall–Kier alpha value is -1.65. The lowest BCUT2D eigenvalue weighted by atomic mass is 10.0. The fourth-order valence-electron chi connectivity index (χ4n) is 1.59. The average molecular weight is 223 g/mol. The summed E-state index contributed by atoms with van der Waals surface area (Å²) in [6.45, 7) is 6.23. The largest absolute Gasteiger partial charge is 0.386 e. The zero-order valence-corrected chi connectivity index (χ0v) is 9.80. The summed E-state index contributed by atoms with van der Waals surface area (Å²) in [5.74, 6) is 0.311. The third-order valence-corrected chi connectivity index (χ3v) is 2.55. The summed E-state index contributed by atoms with van der Waals surface area (Å²) >= 11 is 0. The van der Waals surface area contributed by atoms with Crippen LogP contribution in [0.5, 0.6) is 0 Å². The van der Waals surface area contributed by atoms with Gasteiger partial charge in [-0.05, 0) is 34.4 Å². The molecule has 16 heavy (non-hydrogen) atoms. The van der Waals surface area contributed by atoms with Gasteiger partial charge in [-0.3, -0.25) is 0 Å². The Kier molecular flexibility index (Phi) is 4.22. The van der Waals surface area contributed by atoms with Gasteiger partial charge in [0.25, 0.3) is 0 Å². The number of hydrogen-bond donors (Lipinski definition) is 1. The number of nitro groups is 1. The predicted molar refractivity (Wildman–Crippen MR) is 63.4 cm³/mol. The maximum atomic E-state index is 10.8. The summed E-state index contributed by atoms with van der Waals surface area (Å²) in [6, 6.07) is 3.61. The van der Waals surface area contributed by atoms with Crippen molar-refractivity contribution in [3.05, 3.63) is 28.4 Å². The van der Waals surface area contributed by atoms with E-state index in [1.807, 2.05) is 0 Å². The van der Waals surface area contributed by atoms with Crippen molar-refractivity contribution in [2.75, 3.05) is 5.32 Å². The van der Waals surface area contributed by atoms with Crippen LogP contribution in [0.4, 0.5) is 11.5 Å². The van der Waals surface area contributed by atoms with Gasteiger partial charge < -0.3 is 15.4 Å². The lowest BCUT2D eigenvalue weighted by Crippen LogP contribution is -2.25. The van der Waals surface area contributed by atoms with E-state index >= 15 is 0 Å². The highest BCUT2D eigenvalue weighted by molar-refractivity contribution is 5.57. The second-order valence-electron chi connectivity index (χ2n) is 4.03. The normalized spacial score (nSPS) is 12.5. The van der Waals surface area contributed by atoms with Gasteiger partial charge in [-0.15, -0.1) is 0 Å². The molecule has 0 saturated carbocycles. The van der Waals surface area contributed by atoms with Crippen LogP contribution < -0.4 is 5.32 Å². The molecule has 1 atom stereocenters. The van der Waals surface area contributed by atoms with E-state index in [0.29, 0.717) is 11.6 Å². The number of hydrogen-bond acceptors (Lipinski definition) is 4. The molecule has 1 aromatic rings. The van der Waals surface area contributed by atoms with Gasteiger partial charge in [0, 0.05) is 6.04 Å². The van der Waals surface area contributed by atoms with Crippen LogP contribution in [0.3, 0.4) is 0 Å². The van der Waals surface area contributed by atoms with Gasteiger partial charge in [-0.25, -0.2) is 0 Å². The fraction of sp³-hybridized carbons (Fsp3) is 0.545. The molecule has 0 amide bonds. The predicted octanol–water partition coefficient (Wildman–Crippen LogP) is 2.84. The molecule has 0 spiro atoms. The highest BCUT2D eigenvalue weighted by Crippen LogP contribution is 2.23. The topological polar surface area (TPSA) is 68.1 Å². The van der Waals surface area contributed by atoms with Crippen LogP contribution in [-0.2, 0) is 0 Å². The van der Waals surface area contributed by atoms with E-state index < -0.39 is 4.92 Å². The molecule has 1 unspecified atom stereocenters. The van der Waals surface area contributed by atoms with E-state index in [4.69, 9.17) is 0 Å². The summed E-state index contributed by atoms with van der Waals surface area (Å²) in [5, 5.41) is 13.9.